The predicted octanol–water partition coefficient (Wildman–Crippen LogP) is 2.01. The lowest BCUT2D eigenvalue weighted by molar-refractivity contribution is 0.601. The van der Waals surface area contributed by atoms with Gasteiger partial charge in [-0.25, -0.2) is 13.4 Å². The number of hydrogen-bond acceptors (Lipinski definition) is 3. The molecule has 1 aromatic rings. The van der Waals surface area contributed by atoms with Crippen molar-refractivity contribution in [2.24, 2.45) is 0 Å². The van der Waals surface area contributed by atoms with Crippen molar-refractivity contribution in [3.8, 4) is 0 Å². The van der Waals surface area contributed by atoms with E-state index in [0.29, 0.717) is 9.08 Å². The smallest absolute Gasteiger partial charge is 0.178 e. The van der Waals surface area contributed by atoms with Crippen molar-refractivity contribution in [2.45, 2.75) is 4.90 Å². The molecule has 0 radical (unpaired) electrons. The lowest BCUT2D eigenvalue weighted by atomic mass is 10.5. The number of hydrogen-bond donors (Lipinski definition) is 0. The summed E-state index contributed by atoms with van der Waals surface area (Å²) in [5, 5.41) is 0. The van der Waals surface area contributed by atoms with E-state index >= 15 is 0 Å². The molecule has 0 atom stereocenters. The fraction of sp³-hybridized carbons (Fsp3) is 0.167. The third-order valence-corrected chi connectivity index (χ3v) is 3.61. The zero-order valence-electron chi connectivity index (χ0n) is 6.08. The molecule has 3 nitrogen and oxygen atoms in total. The lowest BCUT2D eigenvalue weighted by Gasteiger charge is -2.00. The Morgan fingerprint density at radius 1 is 1.42 bits per heavy atom. The molecule has 0 aliphatic carbocycles. The molecule has 0 aliphatic heterocycles. The normalized spacial score (nSPS) is 11.6. The minimum Gasteiger partial charge on any atom is -0.247 e. The summed E-state index contributed by atoms with van der Waals surface area (Å²) in [6.07, 6.45) is 2.67. The summed E-state index contributed by atoms with van der Waals surface area (Å²) in [6.45, 7) is 0. The topological polar surface area (TPSA) is 47.0 Å². The molecule has 0 fully saturated rings. The average Bonchev–Trinajstić information content (AvgIpc) is 1.92. The molecule has 0 saturated heterocycles. The van der Waals surface area contributed by atoms with E-state index in [9.17, 15) is 8.42 Å². The Morgan fingerprint density at radius 3 is 2.42 bits per heavy atom. The average molecular weight is 315 g/mol. The Morgan fingerprint density at radius 2 is 2.00 bits per heavy atom. The first kappa shape index (κ1) is 10.1. The molecule has 66 valence electrons. The third kappa shape index (κ3) is 2.27. The molecule has 0 N–H and O–H groups in total. The van der Waals surface area contributed by atoms with Crippen molar-refractivity contribution in [2.75, 3.05) is 6.26 Å². The van der Waals surface area contributed by atoms with Gasteiger partial charge in [0.15, 0.2) is 9.84 Å². The van der Waals surface area contributed by atoms with Crippen LogP contribution in [0.2, 0.25) is 0 Å². The van der Waals surface area contributed by atoms with E-state index in [4.69, 9.17) is 0 Å². The van der Waals surface area contributed by atoms with Crippen LogP contribution >= 0.6 is 31.9 Å². The van der Waals surface area contributed by atoms with Crippen molar-refractivity contribution in [1.82, 2.24) is 4.98 Å². The van der Waals surface area contributed by atoms with Gasteiger partial charge in [0.05, 0.1) is 0 Å². The fourth-order valence-corrected chi connectivity index (χ4v) is 2.95. The maximum atomic E-state index is 11.1. The second kappa shape index (κ2) is 3.43. The van der Waals surface area contributed by atoms with E-state index in [0.717, 1.165) is 6.26 Å². The largest absolute Gasteiger partial charge is 0.247 e. The molecule has 12 heavy (non-hydrogen) atoms. The first-order valence-electron chi connectivity index (χ1n) is 2.92. The van der Waals surface area contributed by atoms with Crippen molar-refractivity contribution < 1.29 is 8.42 Å². The van der Waals surface area contributed by atoms with Gasteiger partial charge in [0, 0.05) is 16.9 Å². The maximum absolute atomic E-state index is 11.1. The molecule has 1 rings (SSSR count). The van der Waals surface area contributed by atoms with E-state index in [1.165, 1.54) is 12.3 Å². The molecule has 0 amide bonds. The van der Waals surface area contributed by atoms with Crippen LogP contribution < -0.4 is 0 Å². The van der Waals surface area contributed by atoms with Crippen molar-refractivity contribution in [3.05, 3.63) is 21.3 Å². The Kier molecular flexibility index (Phi) is 2.90. The summed E-state index contributed by atoms with van der Waals surface area (Å²) in [4.78, 5) is 4.03. The standard InChI is InChI=1S/C6H5Br2NO2S/c1-12(10,11)5-2-4(7)3-9-6(5)8/h2-3H,1H3. The second-order valence-electron chi connectivity index (χ2n) is 2.21. The van der Waals surface area contributed by atoms with E-state index in [1.54, 1.807) is 0 Å². The fourth-order valence-electron chi connectivity index (χ4n) is 0.664. The first-order valence-corrected chi connectivity index (χ1v) is 6.40. The number of pyridine rings is 1. The molecule has 1 aromatic heterocycles. The number of aromatic nitrogens is 1. The summed E-state index contributed by atoms with van der Waals surface area (Å²) in [5.74, 6) is 0. The van der Waals surface area contributed by atoms with Crippen LogP contribution in [0.25, 0.3) is 0 Å². The zero-order chi connectivity index (χ0) is 9.35. The van der Waals surface area contributed by atoms with Crippen LogP contribution in [0.3, 0.4) is 0 Å². The summed E-state index contributed by atoms with van der Waals surface area (Å²) in [6, 6.07) is 1.51. The van der Waals surface area contributed by atoms with Gasteiger partial charge < -0.3 is 0 Å². The van der Waals surface area contributed by atoms with Crippen LogP contribution in [0.1, 0.15) is 0 Å². The molecule has 0 spiro atoms. The van der Waals surface area contributed by atoms with Crippen molar-refractivity contribution in [3.63, 3.8) is 0 Å². The van der Waals surface area contributed by atoms with Gasteiger partial charge in [0.25, 0.3) is 0 Å². The minimum atomic E-state index is -3.20. The summed E-state index contributed by atoms with van der Waals surface area (Å²) < 4.78 is 23.2. The number of nitrogens with zero attached hydrogens (tertiary/aromatic N) is 1. The highest BCUT2D eigenvalue weighted by molar-refractivity contribution is 9.11. The quantitative estimate of drug-likeness (QED) is 0.745. The molecular formula is C6H5Br2NO2S. The molecule has 1 heterocycles. The van der Waals surface area contributed by atoms with Gasteiger partial charge in [-0.2, -0.15) is 0 Å². The lowest BCUT2D eigenvalue weighted by Crippen LogP contribution is -1.99. The van der Waals surface area contributed by atoms with Crippen LogP contribution in [0.5, 0.6) is 0 Å². The third-order valence-electron chi connectivity index (χ3n) is 1.17. The monoisotopic (exact) mass is 313 g/mol. The molecule has 0 aliphatic rings. The van der Waals surface area contributed by atoms with E-state index in [-0.39, 0.29) is 4.90 Å². The van der Waals surface area contributed by atoms with Gasteiger partial charge in [0.2, 0.25) is 0 Å². The van der Waals surface area contributed by atoms with E-state index in [1.807, 2.05) is 0 Å². The van der Waals surface area contributed by atoms with Crippen molar-refractivity contribution in [1.29, 1.82) is 0 Å². The number of halogens is 2. The van der Waals surface area contributed by atoms with Crippen LogP contribution in [0.4, 0.5) is 0 Å². The zero-order valence-corrected chi connectivity index (χ0v) is 10.1. The summed E-state index contributed by atoms with van der Waals surface area (Å²) in [7, 11) is -3.20. The van der Waals surface area contributed by atoms with Crippen LogP contribution in [0.15, 0.2) is 26.2 Å². The maximum Gasteiger partial charge on any atom is 0.178 e. The molecular weight excluding hydrogens is 310 g/mol. The number of rotatable bonds is 1. The molecule has 0 unspecified atom stereocenters. The van der Waals surface area contributed by atoms with Crippen LogP contribution in [-0.4, -0.2) is 19.7 Å². The second-order valence-corrected chi connectivity index (χ2v) is 5.87. The molecule has 0 saturated carbocycles. The molecule has 0 bridgehead atoms. The summed E-state index contributed by atoms with van der Waals surface area (Å²) in [5.41, 5.74) is 0. The van der Waals surface area contributed by atoms with Crippen LogP contribution in [-0.2, 0) is 9.84 Å². The Bertz CT molecular complexity index is 402. The predicted molar refractivity (Wildman–Crippen MR) is 52.7 cm³/mol. The van der Waals surface area contributed by atoms with Gasteiger partial charge >= 0.3 is 0 Å². The highest BCUT2D eigenvalue weighted by Gasteiger charge is 2.12. The Labute approximate surface area is 87.4 Å². The van der Waals surface area contributed by atoms with Crippen molar-refractivity contribution >= 4 is 41.7 Å². The highest BCUT2D eigenvalue weighted by Crippen LogP contribution is 2.22. The molecule has 6 heteroatoms. The molecule has 0 aromatic carbocycles. The SMILES string of the molecule is CS(=O)(=O)c1cc(Br)cnc1Br. The Hall–Kier alpha value is 0.0600. The Balaban J connectivity index is 3.43. The van der Waals surface area contributed by atoms with Gasteiger partial charge in [0.1, 0.15) is 9.50 Å². The van der Waals surface area contributed by atoms with E-state index < -0.39 is 9.84 Å². The van der Waals surface area contributed by atoms with Gasteiger partial charge in [-0.15, -0.1) is 0 Å². The van der Waals surface area contributed by atoms with E-state index in [2.05, 4.69) is 36.8 Å². The van der Waals surface area contributed by atoms with Gasteiger partial charge in [-0.1, -0.05) is 0 Å². The highest BCUT2D eigenvalue weighted by atomic mass is 79.9. The van der Waals surface area contributed by atoms with Gasteiger partial charge in [-0.3, -0.25) is 0 Å². The summed E-state index contributed by atoms with van der Waals surface area (Å²) >= 11 is 6.20. The minimum absolute atomic E-state index is 0.192. The van der Waals surface area contributed by atoms with Gasteiger partial charge in [-0.05, 0) is 37.9 Å². The number of sulfone groups is 1. The first-order chi connectivity index (χ1) is 5.41. The van der Waals surface area contributed by atoms with Crippen LogP contribution in [0, 0.1) is 0 Å².